The zero-order valence-electron chi connectivity index (χ0n) is 13.7. The van der Waals surface area contributed by atoms with E-state index < -0.39 is 18.4 Å². The molecular formula is C13H21N9O3. The summed E-state index contributed by atoms with van der Waals surface area (Å²) < 4.78 is 5.81. The van der Waals surface area contributed by atoms with E-state index in [1.165, 1.54) is 0 Å². The molecule has 0 bridgehead atoms. The molecule has 2 aliphatic rings. The number of aliphatic hydroxyl groups is 2. The number of aliphatic hydroxyl groups excluding tert-OH is 2. The number of hydrogen-bond acceptors (Lipinski definition) is 10. The Labute approximate surface area is 143 Å². The molecule has 12 heteroatoms. The number of hydrogen-bond donors (Lipinski definition) is 5. The van der Waals surface area contributed by atoms with Crippen LogP contribution in [0.2, 0.25) is 0 Å². The molecule has 2 aliphatic heterocycles. The summed E-state index contributed by atoms with van der Waals surface area (Å²) in [5.74, 6) is 1.14. The first-order valence-electron chi connectivity index (χ1n) is 7.93. The van der Waals surface area contributed by atoms with Gasteiger partial charge >= 0.3 is 0 Å². The Morgan fingerprint density at radius 2 is 2.36 bits per heavy atom. The second-order valence-corrected chi connectivity index (χ2v) is 5.98. The van der Waals surface area contributed by atoms with E-state index in [-0.39, 0.29) is 25.2 Å². The molecule has 136 valence electrons. The van der Waals surface area contributed by atoms with Gasteiger partial charge in [-0.3, -0.25) is 0 Å². The molecular weight excluding hydrogens is 330 g/mol. The first-order valence-corrected chi connectivity index (χ1v) is 7.93. The lowest BCUT2D eigenvalue weighted by atomic mass is 10.1. The van der Waals surface area contributed by atoms with E-state index in [1.807, 2.05) is 11.8 Å². The molecule has 25 heavy (non-hydrogen) atoms. The van der Waals surface area contributed by atoms with Crippen molar-refractivity contribution < 1.29 is 14.9 Å². The summed E-state index contributed by atoms with van der Waals surface area (Å²) >= 11 is 0. The van der Waals surface area contributed by atoms with Crippen LogP contribution >= 0.6 is 0 Å². The quantitative estimate of drug-likeness (QED) is 0.264. The molecule has 0 aliphatic carbocycles. The number of nitrogens with zero attached hydrogens (tertiary/aromatic N) is 6. The van der Waals surface area contributed by atoms with Crippen LogP contribution in [0.25, 0.3) is 10.4 Å². The van der Waals surface area contributed by atoms with Crippen molar-refractivity contribution >= 4 is 23.3 Å². The Bertz CT molecular complexity index is 681. The van der Waals surface area contributed by atoms with Gasteiger partial charge in [0, 0.05) is 17.4 Å². The van der Waals surface area contributed by atoms with Crippen molar-refractivity contribution in [2.24, 2.45) is 5.11 Å². The number of nitrogens with one attached hydrogen (secondary N) is 2. The van der Waals surface area contributed by atoms with Crippen molar-refractivity contribution in [1.82, 2.24) is 9.97 Å². The van der Waals surface area contributed by atoms with E-state index in [0.717, 1.165) is 0 Å². The number of nitrogens with two attached hydrogens (primary N) is 1. The van der Waals surface area contributed by atoms with Gasteiger partial charge in [-0.25, -0.2) is 0 Å². The summed E-state index contributed by atoms with van der Waals surface area (Å²) in [5, 5.41) is 28.6. The zero-order valence-corrected chi connectivity index (χ0v) is 13.7. The monoisotopic (exact) mass is 351 g/mol. The number of rotatable bonds is 6. The van der Waals surface area contributed by atoms with Crippen molar-refractivity contribution in [3.05, 3.63) is 10.4 Å². The van der Waals surface area contributed by atoms with E-state index in [1.54, 1.807) is 0 Å². The largest absolute Gasteiger partial charge is 0.394 e. The average Bonchev–Trinajstić information content (AvgIpc) is 3.18. The molecule has 1 aromatic rings. The van der Waals surface area contributed by atoms with Gasteiger partial charge in [-0.1, -0.05) is 5.11 Å². The predicted molar refractivity (Wildman–Crippen MR) is 90.9 cm³/mol. The van der Waals surface area contributed by atoms with Gasteiger partial charge in [-0.05, 0) is 12.5 Å². The molecule has 0 spiro atoms. The van der Waals surface area contributed by atoms with Gasteiger partial charge in [-0.2, -0.15) is 9.97 Å². The van der Waals surface area contributed by atoms with Crippen LogP contribution < -0.4 is 21.3 Å². The van der Waals surface area contributed by atoms with Crippen LogP contribution in [0.3, 0.4) is 0 Å². The fraction of sp³-hybridized carbons (Fsp3) is 0.692. The lowest BCUT2D eigenvalue weighted by molar-refractivity contribution is 0.00773. The predicted octanol–water partition coefficient (Wildman–Crippen LogP) is -0.173. The number of fused-ring (bicyclic) bond motifs is 1. The molecule has 1 fully saturated rings. The van der Waals surface area contributed by atoms with Crippen molar-refractivity contribution in [2.75, 3.05) is 41.1 Å². The summed E-state index contributed by atoms with van der Waals surface area (Å²) in [6.45, 7) is 1.93. The fourth-order valence-electron chi connectivity index (χ4n) is 2.96. The Morgan fingerprint density at radius 3 is 3.04 bits per heavy atom. The minimum atomic E-state index is -0.559. The van der Waals surface area contributed by atoms with Gasteiger partial charge in [0.25, 0.3) is 0 Å². The number of nitrogen functional groups attached to an aromatic ring is 1. The van der Waals surface area contributed by atoms with Crippen molar-refractivity contribution in [3.8, 4) is 0 Å². The molecule has 4 unspecified atom stereocenters. The summed E-state index contributed by atoms with van der Waals surface area (Å²) in [5.41, 5.74) is 15.1. The summed E-state index contributed by atoms with van der Waals surface area (Å²) in [7, 11) is 0. The maximum atomic E-state index is 9.41. The molecule has 3 rings (SSSR count). The zero-order chi connectivity index (χ0) is 18.0. The Balaban J connectivity index is 1.86. The molecule has 0 amide bonds. The smallest absolute Gasteiger partial charge is 0.224 e. The van der Waals surface area contributed by atoms with E-state index in [9.17, 15) is 10.2 Å². The molecule has 0 aromatic carbocycles. The topological polar surface area (TPSA) is 178 Å². The molecule has 12 nitrogen and oxygen atoms in total. The van der Waals surface area contributed by atoms with Crippen molar-refractivity contribution in [3.63, 3.8) is 0 Å². The average molecular weight is 351 g/mol. The summed E-state index contributed by atoms with van der Waals surface area (Å²) in [4.78, 5) is 13.1. The summed E-state index contributed by atoms with van der Waals surface area (Å²) in [6.07, 6.45) is -0.550. The third kappa shape index (κ3) is 3.33. The maximum Gasteiger partial charge on any atom is 0.224 e. The van der Waals surface area contributed by atoms with E-state index >= 15 is 0 Å². The van der Waals surface area contributed by atoms with Crippen molar-refractivity contribution in [1.29, 1.82) is 0 Å². The Morgan fingerprint density at radius 1 is 1.56 bits per heavy atom. The highest BCUT2D eigenvalue weighted by molar-refractivity contribution is 5.82. The number of anilines is 4. The Hall–Kier alpha value is -2.53. The van der Waals surface area contributed by atoms with Crippen LogP contribution in [-0.4, -0.2) is 64.5 Å². The first-order chi connectivity index (χ1) is 12.1. The molecule has 3 heterocycles. The van der Waals surface area contributed by atoms with Crippen LogP contribution in [0.5, 0.6) is 0 Å². The van der Waals surface area contributed by atoms with Crippen LogP contribution in [0.4, 0.5) is 23.3 Å². The number of ether oxygens (including phenoxy) is 1. The van der Waals surface area contributed by atoms with E-state index in [0.29, 0.717) is 30.4 Å². The van der Waals surface area contributed by atoms with E-state index in [4.69, 9.17) is 16.0 Å². The van der Waals surface area contributed by atoms with E-state index in [2.05, 4.69) is 30.6 Å². The molecule has 4 atom stereocenters. The van der Waals surface area contributed by atoms with Crippen LogP contribution in [0.1, 0.15) is 13.3 Å². The lowest BCUT2D eigenvalue weighted by Gasteiger charge is -2.24. The second-order valence-electron chi connectivity index (χ2n) is 5.98. The lowest BCUT2D eigenvalue weighted by Crippen LogP contribution is -2.36. The molecule has 1 aromatic heterocycles. The van der Waals surface area contributed by atoms with Crippen LogP contribution in [0.15, 0.2) is 5.11 Å². The molecule has 6 N–H and O–H groups in total. The molecule has 0 saturated carbocycles. The van der Waals surface area contributed by atoms with Gasteiger partial charge in [0.2, 0.25) is 5.95 Å². The van der Waals surface area contributed by atoms with Gasteiger partial charge in [-0.15, -0.1) is 0 Å². The molecule has 1 saturated heterocycles. The highest BCUT2D eigenvalue weighted by Gasteiger charge is 2.40. The van der Waals surface area contributed by atoms with Gasteiger partial charge < -0.3 is 36.2 Å². The minimum absolute atomic E-state index is 0.0554. The first kappa shape index (κ1) is 17.3. The van der Waals surface area contributed by atoms with Gasteiger partial charge in [0.05, 0.1) is 32.0 Å². The fourth-order valence-corrected chi connectivity index (χ4v) is 2.96. The highest BCUT2D eigenvalue weighted by Crippen LogP contribution is 2.39. The summed E-state index contributed by atoms with van der Waals surface area (Å²) in [6, 6.07) is -0.652. The minimum Gasteiger partial charge on any atom is -0.394 e. The van der Waals surface area contributed by atoms with Crippen molar-refractivity contribution in [2.45, 2.75) is 37.8 Å². The normalized spacial score (nSPS) is 25.9. The molecule has 0 radical (unpaired) electrons. The maximum absolute atomic E-state index is 9.41. The SMILES string of the molecule is CC(CO)Nc1nc(N)nc2c1NCN2C1CC(N=[N+]=[N-])C(CO)O1. The van der Waals surface area contributed by atoms with Gasteiger partial charge in [0.15, 0.2) is 11.6 Å². The van der Waals surface area contributed by atoms with Crippen LogP contribution in [-0.2, 0) is 4.74 Å². The van der Waals surface area contributed by atoms with Gasteiger partial charge in [0.1, 0.15) is 11.9 Å². The number of azide groups is 1. The third-order valence-corrected chi connectivity index (χ3v) is 4.19. The third-order valence-electron chi connectivity index (χ3n) is 4.19. The standard InChI is InChI=1S/C13H21N9O3/c1-6(3-23)17-11-10-12(19-13(14)18-11)22(5-16-10)9-2-7(20-21-15)8(4-24)25-9/h6-9,16,23-24H,2-5H2,1H3,(H3,14,17,18,19). The second kappa shape index (κ2) is 7.15. The van der Waals surface area contributed by atoms with Crippen LogP contribution in [0, 0.1) is 0 Å². The Kier molecular flexibility index (Phi) is 4.95. The number of aromatic nitrogens is 2. The highest BCUT2D eigenvalue weighted by atomic mass is 16.5.